The molecule has 3 aromatic carbocycles. The molecule has 3 aromatic rings. The molecule has 0 bridgehead atoms. The van der Waals surface area contributed by atoms with Crippen LogP contribution in [0.2, 0.25) is 0 Å². The van der Waals surface area contributed by atoms with Crippen molar-refractivity contribution in [3.63, 3.8) is 0 Å². The van der Waals surface area contributed by atoms with Crippen LogP contribution in [0.5, 0.6) is 11.5 Å². The van der Waals surface area contributed by atoms with E-state index in [2.05, 4.69) is 88.6 Å². The van der Waals surface area contributed by atoms with Crippen molar-refractivity contribution in [1.29, 1.82) is 0 Å². The highest BCUT2D eigenvalue weighted by Gasteiger charge is 2.45. The zero-order chi connectivity index (χ0) is 18.6. The van der Waals surface area contributed by atoms with Gasteiger partial charge < -0.3 is 14.4 Å². The third kappa shape index (κ3) is 2.26. The van der Waals surface area contributed by atoms with Gasteiger partial charge in [0.15, 0.2) is 11.5 Å². The Morgan fingerprint density at radius 1 is 1.00 bits per heavy atom. The smallest absolute Gasteiger partial charge is 0.229 e. The summed E-state index contributed by atoms with van der Waals surface area (Å²) < 4.78 is 13.3. The Hall–Kier alpha value is -2.72. The van der Waals surface area contributed by atoms with Gasteiger partial charge in [-0.15, -0.1) is 0 Å². The first-order valence-electron chi connectivity index (χ1n) is 8.82. The zero-order valence-electron chi connectivity index (χ0n) is 15.1. The van der Waals surface area contributed by atoms with Crippen LogP contribution in [-0.4, -0.2) is 14.2 Å². The minimum Gasteiger partial charge on any atom is -0.493 e. The highest BCUT2D eigenvalue weighted by atomic mass is 79.9. The first-order valence-corrected chi connectivity index (χ1v) is 9.62. The van der Waals surface area contributed by atoms with Crippen molar-refractivity contribution in [3.8, 4) is 22.6 Å². The van der Waals surface area contributed by atoms with Crippen molar-refractivity contribution >= 4 is 27.7 Å². The van der Waals surface area contributed by atoms with Gasteiger partial charge in [0.25, 0.3) is 0 Å². The molecule has 0 unspecified atom stereocenters. The summed E-state index contributed by atoms with van der Waals surface area (Å²) in [4.78, 5) is 2.20. The largest absolute Gasteiger partial charge is 0.493 e. The van der Waals surface area contributed by atoms with Gasteiger partial charge in [0.05, 0.1) is 7.11 Å². The lowest BCUT2D eigenvalue weighted by Crippen LogP contribution is -2.50. The number of para-hydroxylation sites is 1. The van der Waals surface area contributed by atoms with Crippen LogP contribution in [0.4, 0.5) is 5.69 Å². The number of nitrogens with zero attached hydrogens (tertiary/aromatic N) is 1. The summed E-state index contributed by atoms with van der Waals surface area (Å²) in [5.41, 5.74) is 4.94. The number of hydrogen-bond acceptors (Lipinski definition) is 3. The fourth-order valence-electron chi connectivity index (χ4n) is 4.07. The molecular formula is C23H18BrNO2. The molecule has 0 fully saturated rings. The second kappa shape index (κ2) is 5.89. The maximum absolute atomic E-state index is 6.73. The number of rotatable bonds is 1. The van der Waals surface area contributed by atoms with Gasteiger partial charge in [-0.3, -0.25) is 0 Å². The third-order valence-corrected chi connectivity index (χ3v) is 5.84. The van der Waals surface area contributed by atoms with E-state index in [0.29, 0.717) is 5.75 Å². The number of ether oxygens (including phenoxy) is 2. The predicted octanol–water partition coefficient (Wildman–Crippen LogP) is 5.83. The number of fused-ring (bicyclic) bond motifs is 5. The predicted molar refractivity (Wildman–Crippen MR) is 112 cm³/mol. The van der Waals surface area contributed by atoms with Gasteiger partial charge in [-0.1, -0.05) is 58.4 Å². The molecule has 0 aromatic heterocycles. The van der Waals surface area contributed by atoms with Crippen LogP contribution >= 0.6 is 15.9 Å². The van der Waals surface area contributed by atoms with Crippen molar-refractivity contribution < 1.29 is 9.47 Å². The molecule has 3 nitrogen and oxygen atoms in total. The number of methoxy groups -OCH3 is 1. The van der Waals surface area contributed by atoms with Crippen molar-refractivity contribution in [3.05, 3.63) is 82.3 Å². The summed E-state index contributed by atoms with van der Waals surface area (Å²) in [5.74, 6) is 1.47. The molecule has 2 heterocycles. The van der Waals surface area contributed by atoms with Gasteiger partial charge in [-0.25, -0.2) is 0 Å². The lowest BCUT2D eigenvalue weighted by molar-refractivity contribution is 0.111. The molecule has 4 heteroatoms. The summed E-state index contributed by atoms with van der Waals surface area (Å²) in [6, 6.07) is 20.9. The van der Waals surface area contributed by atoms with E-state index in [0.717, 1.165) is 27.0 Å². The second-order valence-corrected chi connectivity index (χ2v) is 7.70. The van der Waals surface area contributed by atoms with E-state index in [1.54, 1.807) is 7.11 Å². The Kier molecular flexibility index (Phi) is 3.59. The average molecular weight is 420 g/mol. The van der Waals surface area contributed by atoms with E-state index in [4.69, 9.17) is 9.47 Å². The maximum atomic E-state index is 6.73. The number of benzene rings is 3. The lowest BCUT2D eigenvalue weighted by atomic mass is 9.84. The lowest BCUT2D eigenvalue weighted by Gasteiger charge is -2.47. The summed E-state index contributed by atoms with van der Waals surface area (Å²) in [6.07, 6.45) is 4.25. The van der Waals surface area contributed by atoms with Gasteiger partial charge >= 0.3 is 0 Å². The van der Waals surface area contributed by atoms with Crippen LogP contribution in [0.25, 0.3) is 17.2 Å². The molecule has 0 N–H and O–H groups in total. The Morgan fingerprint density at radius 3 is 2.56 bits per heavy atom. The van der Waals surface area contributed by atoms with Gasteiger partial charge in [0.1, 0.15) is 0 Å². The SMILES string of the molecule is COc1cc(Br)cc2c1O[C@@]1(C=C2)c2ccccc2-c2ccccc2N1C. The van der Waals surface area contributed by atoms with Crippen molar-refractivity contribution in [2.75, 3.05) is 19.1 Å². The van der Waals surface area contributed by atoms with Crippen molar-refractivity contribution in [2.45, 2.75) is 5.72 Å². The van der Waals surface area contributed by atoms with Gasteiger partial charge in [-0.05, 0) is 35.9 Å². The van der Waals surface area contributed by atoms with E-state index in [1.165, 1.54) is 11.1 Å². The number of halogens is 1. The summed E-state index contributed by atoms with van der Waals surface area (Å²) in [5, 5.41) is 0. The van der Waals surface area contributed by atoms with E-state index in [9.17, 15) is 0 Å². The minimum atomic E-state index is -0.723. The molecule has 5 rings (SSSR count). The molecule has 0 aliphatic carbocycles. The van der Waals surface area contributed by atoms with E-state index < -0.39 is 5.72 Å². The van der Waals surface area contributed by atoms with Crippen molar-refractivity contribution in [2.24, 2.45) is 0 Å². The molecule has 0 radical (unpaired) electrons. The Morgan fingerprint density at radius 2 is 1.74 bits per heavy atom. The van der Waals surface area contributed by atoms with Crippen LogP contribution in [-0.2, 0) is 5.72 Å². The average Bonchev–Trinajstić information content (AvgIpc) is 2.72. The van der Waals surface area contributed by atoms with Crippen LogP contribution in [0.15, 0.2) is 71.2 Å². The fraction of sp³-hybridized carbons (Fsp3) is 0.130. The summed E-state index contributed by atoms with van der Waals surface area (Å²) in [6.45, 7) is 0. The first kappa shape index (κ1) is 16.5. The van der Waals surface area contributed by atoms with Crippen LogP contribution in [0.1, 0.15) is 11.1 Å². The first-order chi connectivity index (χ1) is 13.1. The highest BCUT2D eigenvalue weighted by Crippen LogP contribution is 2.52. The molecule has 0 saturated heterocycles. The fourth-order valence-corrected chi connectivity index (χ4v) is 4.53. The Labute approximate surface area is 167 Å². The Balaban J connectivity index is 1.77. The molecule has 27 heavy (non-hydrogen) atoms. The number of anilines is 1. The molecule has 1 atom stereocenters. The van der Waals surface area contributed by atoms with Crippen LogP contribution in [0, 0.1) is 0 Å². The molecule has 0 saturated carbocycles. The monoisotopic (exact) mass is 419 g/mol. The molecular weight excluding hydrogens is 402 g/mol. The van der Waals surface area contributed by atoms with Gasteiger partial charge in [0, 0.05) is 33.9 Å². The summed E-state index contributed by atoms with van der Waals surface area (Å²) >= 11 is 3.55. The number of hydrogen-bond donors (Lipinski definition) is 0. The van der Waals surface area contributed by atoms with Crippen LogP contribution < -0.4 is 14.4 Å². The van der Waals surface area contributed by atoms with E-state index in [1.807, 2.05) is 12.1 Å². The maximum Gasteiger partial charge on any atom is 0.229 e. The van der Waals surface area contributed by atoms with Crippen LogP contribution in [0.3, 0.4) is 0 Å². The minimum absolute atomic E-state index is 0.716. The quantitative estimate of drug-likeness (QED) is 0.494. The zero-order valence-corrected chi connectivity index (χ0v) is 16.7. The normalized spacial score (nSPS) is 19.1. The molecule has 2 aliphatic heterocycles. The highest BCUT2D eigenvalue weighted by molar-refractivity contribution is 9.10. The topological polar surface area (TPSA) is 21.7 Å². The van der Waals surface area contributed by atoms with E-state index >= 15 is 0 Å². The third-order valence-electron chi connectivity index (χ3n) is 5.38. The standard InChI is InChI=1S/C23H18BrNO2/c1-25-20-10-6-4-8-18(20)17-7-3-5-9-19(17)23(25)12-11-15-13-16(24)14-21(26-2)22(15)27-23/h3-14H,1-2H3/t23-/m0/s1. The van der Waals surface area contributed by atoms with Gasteiger partial charge in [0.2, 0.25) is 5.72 Å². The Bertz CT molecular complexity index is 1090. The molecule has 1 spiro atoms. The van der Waals surface area contributed by atoms with Crippen molar-refractivity contribution in [1.82, 2.24) is 0 Å². The number of likely N-dealkylation sites (N-methyl/N-ethyl adjacent to an activating group) is 1. The molecule has 2 aliphatic rings. The molecule has 134 valence electrons. The van der Waals surface area contributed by atoms with E-state index in [-0.39, 0.29) is 0 Å². The second-order valence-electron chi connectivity index (χ2n) is 6.78. The summed E-state index contributed by atoms with van der Waals surface area (Å²) in [7, 11) is 3.75. The van der Waals surface area contributed by atoms with Gasteiger partial charge in [-0.2, -0.15) is 0 Å². The molecule has 0 amide bonds.